The number of amides is 1. The third-order valence-electron chi connectivity index (χ3n) is 5.87. The van der Waals surface area contributed by atoms with Crippen molar-refractivity contribution < 1.29 is 24.0 Å². The third kappa shape index (κ3) is 3.97. The normalized spacial score (nSPS) is 17.2. The highest BCUT2D eigenvalue weighted by atomic mass is 16.5. The fourth-order valence-corrected chi connectivity index (χ4v) is 4.27. The summed E-state index contributed by atoms with van der Waals surface area (Å²) in [4.78, 5) is 27.8. The highest BCUT2D eigenvalue weighted by Crippen LogP contribution is 2.42. The van der Waals surface area contributed by atoms with E-state index in [1.165, 1.54) is 4.90 Å². The number of hydrogen-bond acceptors (Lipinski definition) is 6. The maximum absolute atomic E-state index is 13.3. The molecule has 1 amide bonds. The second kappa shape index (κ2) is 8.95. The van der Waals surface area contributed by atoms with Gasteiger partial charge in [-0.15, -0.1) is 0 Å². The molecule has 1 aromatic heterocycles. The molecule has 7 heteroatoms. The molecule has 1 aliphatic rings. The summed E-state index contributed by atoms with van der Waals surface area (Å²) in [5, 5.41) is 17.2. The highest BCUT2D eigenvalue weighted by Gasteiger charge is 2.48. The number of ether oxygens (including phenoxy) is 1. The number of Topliss-reactive ketones (excluding diaryl/α,β-unsaturated/α-hetero) is 1. The zero-order valence-corrected chi connectivity index (χ0v) is 19.0. The number of aliphatic hydroxyl groups is 1. The maximum Gasteiger partial charge on any atom is 0.301 e. The number of ketones is 1. The van der Waals surface area contributed by atoms with Crippen LogP contribution in [0.4, 0.5) is 5.82 Å². The third-order valence-corrected chi connectivity index (χ3v) is 5.87. The SMILES string of the molecule is C=CCOc1cccc([C@@H]2/C(=C(\O)c3ccc4ccccc4c3)C(=O)C(=O)N2c2cc(C)on2)c1. The fourth-order valence-electron chi connectivity index (χ4n) is 4.27. The van der Waals surface area contributed by atoms with Crippen LogP contribution in [0.15, 0.2) is 95.5 Å². The van der Waals surface area contributed by atoms with Gasteiger partial charge in [0.2, 0.25) is 0 Å². The zero-order chi connectivity index (χ0) is 24.5. The van der Waals surface area contributed by atoms with Gasteiger partial charge in [-0.2, -0.15) is 0 Å². The predicted molar refractivity (Wildman–Crippen MR) is 132 cm³/mol. The van der Waals surface area contributed by atoms with Gasteiger partial charge < -0.3 is 14.4 Å². The zero-order valence-electron chi connectivity index (χ0n) is 19.0. The van der Waals surface area contributed by atoms with Crippen LogP contribution >= 0.6 is 0 Å². The van der Waals surface area contributed by atoms with Gasteiger partial charge in [0, 0.05) is 11.6 Å². The lowest BCUT2D eigenvalue weighted by molar-refractivity contribution is -0.132. The van der Waals surface area contributed by atoms with E-state index in [1.807, 2.05) is 30.3 Å². The molecule has 1 saturated heterocycles. The van der Waals surface area contributed by atoms with Gasteiger partial charge in [-0.1, -0.05) is 66.3 Å². The number of rotatable bonds is 6. The Hall–Kier alpha value is -4.65. The molecule has 7 nitrogen and oxygen atoms in total. The molecule has 0 radical (unpaired) electrons. The molecule has 1 aliphatic heterocycles. The first-order valence-electron chi connectivity index (χ1n) is 11.0. The smallest absolute Gasteiger partial charge is 0.301 e. The van der Waals surface area contributed by atoms with E-state index in [4.69, 9.17) is 9.26 Å². The molecular weight excluding hydrogens is 444 g/mol. The first-order valence-corrected chi connectivity index (χ1v) is 11.0. The van der Waals surface area contributed by atoms with Crippen molar-refractivity contribution in [2.45, 2.75) is 13.0 Å². The number of nitrogens with zero attached hydrogens (tertiary/aromatic N) is 2. The summed E-state index contributed by atoms with van der Waals surface area (Å²) in [5.41, 5.74) is 0.975. The molecular formula is C28H22N2O5. The Balaban J connectivity index is 1.70. The topological polar surface area (TPSA) is 92.9 Å². The molecule has 1 N–H and O–H groups in total. The largest absolute Gasteiger partial charge is 0.507 e. The lowest BCUT2D eigenvalue weighted by atomic mass is 9.94. The summed E-state index contributed by atoms with van der Waals surface area (Å²) in [5.74, 6) is -0.668. The summed E-state index contributed by atoms with van der Waals surface area (Å²) in [6.07, 6.45) is 1.62. The number of benzene rings is 3. The number of aromatic nitrogens is 1. The summed E-state index contributed by atoms with van der Waals surface area (Å²) in [6, 6.07) is 20.7. The van der Waals surface area contributed by atoms with Crippen molar-refractivity contribution in [1.82, 2.24) is 5.16 Å². The second-order valence-electron chi connectivity index (χ2n) is 8.20. The molecule has 0 bridgehead atoms. The molecule has 0 saturated carbocycles. The molecule has 0 aliphatic carbocycles. The average molecular weight is 466 g/mol. The van der Waals surface area contributed by atoms with Crippen LogP contribution in [-0.4, -0.2) is 28.6 Å². The van der Waals surface area contributed by atoms with E-state index in [9.17, 15) is 14.7 Å². The number of hydrogen-bond donors (Lipinski definition) is 1. The van der Waals surface area contributed by atoms with Crippen molar-refractivity contribution in [2.75, 3.05) is 11.5 Å². The molecule has 3 aromatic carbocycles. The minimum Gasteiger partial charge on any atom is -0.507 e. The van der Waals surface area contributed by atoms with Gasteiger partial charge in [0.25, 0.3) is 5.78 Å². The molecule has 174 valence electrons. The highest BCUT2D eigenvalue weighted by molar-refractivity contribution is 6.51. The van der Waals surface area contributed by atoms with E-state index in [2.05, 4.69) is 11.7 Å². The standard InChI is InChI=1S/C28H22N2O5/c1-3-13-34-22-10-6-9-20(16-22)25-24(27(32)28(33)30(25)23-14-17(2)35-29-23)26(31)21-12-11-18-7-4-5-8-19(18)15-21/h3-12,14-16,25,31H,1,13H2,2H3/b26-24+/t25-/m1/s1. The van der Waals surface area contributed by atoms with Crippen LogP contribution in [0.2, 0.25) is 0 Å². The van der Waals surface area contributed by atoms with Crippen molar-refractivity contribution in [1.29, 1.82) is 0 Å². The Morgan fingerprint density at radius 3 is 2.63 bits per heavy atom. The molecule has 0 spiro atoms. The van der Waals surface area contributed by atoms with Gasteiger partial charge in [0.15, 0.2) is 5.82 Å². The van der Waals surface area contributed by atoms with Crippen molar-refractivity contribution in [2.24, 2.45) is 0 Å². The van der Waals surface area contributed by atoms with Crippen molar-refractivity contribution in [3.63, 3.8) is 0 Å². The Kier molecular flexibility index (Phi) is 5.66. The maximum atomic E-state index is 13.3. The number of anilines is 1. The van der Waals surface area contributed by atoms with Crippen LogP contribution in [0.25, 0.3) is 16.5 Å². The Morgan fingerprint density at radius 1 is 1.09 bits per heavy atom. The number of fused-ring (bicyclic) bond motifs is 1. The van der Waals surface area contributed by atoms with E-state index in [0.717, 1.165) is 10.8 Å². The fraction of sp³-hybridized carbons (Fsp3) is 0.107. The number of carbonyl (C=O) groups excluding carboxylic acids is 2. The second-order valence-corrected chi connectivity index (χ2v) is 8.20. The van der Waals surface area contributed by atoms with Crippen molar-refractivity contribution in [3.8, 4) is 5.75 Å². The number of aliphatic hydroxyl groups excluding tert-OH is 1. The van der Waals surface area contributed by atoms with E-state index in [0.29, 0.717) is 29.2 Å². The van der Waals surface area contributed by atoms with E-state index >= 15 is 0 Å². The van der Waals surface area contributed by atoms with E-state index in [-0.39, 0.29) is 17.2 Å². The van der Waals surface area contributed by atoms with Gasteiger partial charge in [0.1, 0.15) is 23.9 Å². The van der Waals surface area contributed by atoms with Crippen molar-refractivity contribution in [3.05, 3.63) is 108 Å². The Labute approximate surface area is 201 Å². The summed E-state index contributed by atoms with van der Waals surface area (Å²) in [7, 11) is 0. The summed E-state index contributed by atoms with van der Waals surface area (Å²) >= 11 is 0. The van der Waals surface area contributed by atoms with E-state index < -0.39 is 17.7 Å². The van der Waals surface area contributed by atoms with Gasteiger partial charge in [-0.05, 0) is 41.5 Å². The van der Waals surface area contributed by atoms with Crippen LogP contribution in [0.1, 0.15) is 22.9 Å². The van der Waals surface area contributed by atoms with Crippen LogP contribution < -0.4 is 9.64 Å². The van der Waals surface area contributed by atoms with Gasteiger partial charge in [-0.3, -0.25) is 14.5 Å². The predicted octanol–water partition coefficient (Wildman–Crippen LogP) is 5.33. The van der Waals surface area contributed by atoms with E-state index in [1.54, 1.807) is 55.5 Å². The molecule has 4 aromatic rings. The Bertz CT molecular complexity index is 1500. The molecule has 35 heavy (non-hydrogen) atoms. The molecule has 0 unspecified atom stereocenters. The first-order chi connectivity index (χ1) is 17.0. The van der Waals surface area contributed by atoms with Crippen LogP contribution in [0, 0.1) is 6.92 Å². The number of carbonyl (C=O) groups is 2. The lowest BCUT2D eigenvalue weighted by Crippen LogP contribution is -2.29. The van der Waals surface area contributed by atoms with Gasteiger partial charge in [-0.25, -0.2) is 0 Å². The molecule has 1 fully saturated rings. The summed E-state index contributed by atoms with van der Waals surface area (Å²) < 4.78 is 10.8. The van der Waals surface area contributed by atoms with Crippen LogP contribution in [0.3, 0.4) is 0 Å². The first kappa shape index (κ1) is 22.2. The molecule has 1 atom stereocenters. The van der Waals surface area contributed by atoms with Crippen LogP contribution in [0.5, 0.6) is 5.75 Å². The quantitative estimate of drug-likeness (QED) is 0.179. The molecule has 2 heterocycles. The van der Waals surface area contributed by atoms with Gasteiger partial charge >= 0.3 is 5.91 Å². The minimum atomic E-state index is -0.932. The summed E-state index contributed by atoms with van der Waals surface area (Å²) in [6.45, 7) is 5.65. The molecule has 5 rings (SSSR count). The van der Waals surface area contributed by atoms with Crippen molar-refractivity contribution >= 4 is 34.0 Å². The Morgan fingerprint density at radius 2 is 1.89 bits per heavy atom. The monoisotopic (exact) mass is 466 g/mol. The van der Waals surface area contributed by atoms with Crippen LogP contribution in [-0.2, 0) is 9.59 Å². The lowest BCUT2D eigenvalue weighted by Gasteiger charge is -2.23. The number of aryl methyl sites for hydroxylation is 1. The average Bonchev–Trinajstić information content (AvgIpc) is 3.42. The van der Waals surface area contributed by atoms with Gasteiger partial charge in [0.05, 0.1) is 11.6 Å². The minimum absolute atomic E-state index is 0.0354.